The number of halogens is 1. The van der Waals surface area contributed by atoms with E-state index in [4.69, 9.17) is 9.47 Å². The van der Waals surface area contributed by atoms with E-state index in [1.165, 1.54) is 33.1 Å². The van der Waals surface area contributed by atoms with Gasteiger partial charge in [-0.25, -0.2) is 4.39 Å². The third-order valence-corrected chi connectivity index (χ3v) is 8.71. The highest BCUT2D eigenvalue weighted by molar-refractivity contribution is 5.98. The SMILES string of the molecule is COc1cc(C#N)c(OC2CCC(C)(C(=O)O)CC2)cc1C(=O)N[C@@H]1[C@H]2CC[C@H](C2)[C@@H]1C(=O)NCC(C)(C)F. The van der Waals surface area contributed by atoms with Crippen molar-refractivity contribution >= 4 is 17.8 Å². The minimum atomic E-state index is -1.54. The Morgan fingerprint density at radius 3 is 2.41 bits per heavy atom. The molecule has 2 amide bonds. The molecule has 3 aliphatic carbocycles. The van der Waals surface area contributed by atoms with Crippen LogP contribution in [0.4, 0.5) is 4.39 Å². The van der Waals surface area contributed by atoms with Crippen molar-refractivity contribution in [3.63, 3.8) is 0 Å². The van der Waals surface area contributed by atoms with Gasteiger partial charge in [-0.15, -0.1) is 0 Å². The number of hydrogen-bond acceptors (Lipinski definition) is 6. The highest BCUT2D eigenvalue weighted by atomic mass is 19.1. The first-order valence-electron chi connectivity index (χ1n) is 13.6. The Bertz CT molecular complexity index is 1160. The number of alkyl halides is 1. The number of ether oxygens (including phenoxy) is 2. The molecule has 4 atom stereocenters. The molecule has 9 nitrogen and oxygen atoms in total. The number of nitrogens with zero attached hydrogens (tertiary/aromatic N) is 1. The number of fused-ring (bicyclic) bond motifs is 2. The van der Waals surface area contributed by atoms with Crippen LogP contribution in [0.2, 0.25) is 0 Å². The second kappa shape index (κ2) is 11.0. The zero-order valence-electron chi connectivity index (χ0n) is 23.0. The Morgan fingerprint density at radius 1 is 1.15 bits per heavy atom. The Kier molecular flexibility index (Phi) is 8.10. The van der Waals surface area contributed by atoms with Gasteiger partial charge in [0.2, 0.25) is 5.91 Å². The summed E-state index contributed by atoms with van der Waals surface area (Å²) in [5.41, 5.74) is -1.94. The maximum absolute atomic E-state index is 14.0. The smallest absolute Gasteiger partial charge is 0.309 e. The maximum atomic E-state index is 14.0. The number of nitrogens with one attached hydrogen (secondary N) is 2. The summed E-state index contributed by atoms with van der Waals surface area (Å²) in [6.07, 6.45) is 4.28. The molecular weight excluding hydrogens is 505 g/mol. The van der Waals surface area contributed by atoms with Gasteiger partial charge in [0.05, 0.1) is 42.2 Å². The van der Waals surface area contributed by atoms with Crippen LogP contribution in [-0.2, 0) is 9.59 Å². The van der Waals surface area contributed by atoms with Gasteiger partial charge in [0, 0.05) is 12.1 Å². The molecule has 0 aromatic heterocycles. The second-order valence-electron chi connectivity index (χ2n) is 12.1. The third kappa shape index (κ3) is 6.13. The van der Waals surface area contributed by atoms with E-state index in [2.05, 4.69) is 16.7 Å². The van der Waals surface area contributed by atoms with Gasteiger partial charge in [0.25, 0.3) is 5.91 Å². The Morgan fingerprint density at radius 2 is 1.82 bits per heavy atom. The summed E-state index contributed by atoms with van der Waals surface area (Å²) >= 11 is 0. The van der Waals surface area contributed by atoms with Crippen molar-refractivity contribution < 1.29 is 33.4 Å². The molecule has 212 valence electrons. The molecule has 3 fully saturated rings. The van der Waals surface area contributed by atoms with Crippen molar-refractivity contribution in [3.8, 4) is 17.6 Å². The van der Waals surface area contributed by atoms with Gasteiger partial charge in [-0.05, 0) is 83.6 Å². The fourth-order valence-corrected chi connectivity index (χ4v) is 6.35. The predicted octanol–water partition coefficient (Wildman–Crippen LogP) is 3.99. The van der Waals surface area contributed by atoms with Gasteiger partial charge >= 0.3 is 5.97 Å². The summed E-state index contributed by atoms with van der Waals surface area (Å²) in [6.45, 7) is 4.44. The molecule has 3 aliphatic rings. The first kappa shape index (κ1) is 28.7. The molecule has 1 aromatic rings. The van der Waals surface area contributed by atoms with E-state index in [1.54, 1.807) is 6.92 Å². The van der Waals surface area contributed by atoms with E-state index < -0.39 is 34.9 Å². The molecule has 0 saturated heterocycles. The number of carboxylic acids is 1. The number of aliphatic carboxylic acids is 1. The molecule has 10 heteroatoms. The quantitative estimate of drug-likeness (QED) is 0.428. The van der Waals surface area contributed by atoms with Gasteiger partial charge in [0.1, 0.15) is 23.2 Å². The maximum Gasteiger partial charge on any atom is 0.309 e. The zero-order valence-corrected chi connectivity index (χ0v) is 23.0. The van der Waals surface area contributed by atoms with Crippen LogP contribution < -0.4 is 20.1 Å². The topological polar surface area (TPSA) is 138 Å². The predicted molar refractivity (Wildman–Crippen MR) is 140 cm³/mol. The first-order valence-corrected chi connectivity index (χ1v) is 13.6. The molecule has 2 bridgehead atoms. The number of rotatable bonds is 9. The summed E-state index contributed by atoms with van der Waals surface area (Å²) in [4.78, 5) is 38.2. The monoisotopic (exact) mass is 543 g/mol. The standard InChI is InChI=1S/C29H38FN3O6/c1-28(2,30)15-32-26(35)23-16-5-6-17(11-16)24(23)33-25(34)20-13-21(18(14-31)12-22(20)38-4)39-19-7-9-29(3,10-8-19)27(36)37/h12-13,16-17,19,23-24H,5-11,15H2,1-4H3,(H,32,35)(H,33,34)(H,36,37)/t16-,17+,19?,23+,24-,29?/m1/s1. The first-order chi connectivity index (χ1) is 18.3. The summed E-state index contributed by atoms with van der Waals surface area (Å²) in [5.74, 6) is -1.23. The van der Waals surface area contributed by atoms with Crippen molar-refractivity contribution in [2.75, 3.05) is 13.7 Å². The lowest BCUT2D eigenvalue weighted by Gasteiger charge is -2.34. The average molecular weight is 544 g/mol. The van der Waals surface area contributed by atoms with Crippen LogP contribution in [-0.4, -0.2) is 54.4 Å². The number of amides is 2. The Labute approximate surface area is 228 Å². The largest absolute Gasteiger partial charge is 0.496 e. The molecule has 3 saturated carbocycles. The number of nitriles is 1. The number of carbonyl (C=O) groups excluding carboxylic acids is 2. The second-order valence-corrected chi connectivity index (χ2v) is 12.1. The number of hydrogen-bond donors (Lipinski definition) is 3. The van der Waals surface area contributed by atoms with Gasteiger partial charge in [-0.3, -0.25) is 14.4 Å². The van der Waals surface area contributed by atoms with E-state index in [9.17, 15) is 29.1 Å². The third-order valence-electron chi connectivity index (χ3n) is 8.71. The highest BCUT2D eigenvalue weighted by Gasteiger charge is 2.51. The Hall–Kier alpha value is -3.35. The van der Waals surface area contributed by atoms with E-state index in [0.717, 1.165) is 19.3 Å². The van der Waals surface area contributed by atoms with Gasteiger partial charge in [-0.2, -0.15) is 5.26 Å². The highest BCUT2D eigenvalue weighted by Crippen LogP contribution is 2.49. The van der Waals surface area contributed by atoms with Crippen molar-refractivity contribution in [2.45, 2.75) is 83.5 Å². The molecule has 3 N–H and O–H groups in total. The molecule has 0 heterocycles. The normalized spacial score (nSPS) is 29.8. The van der Waals surface area contributed by atoms with Gasteiger partial charge < -0.3 is 25.2 Å². The van der Waals surface area contributed by atoms with Crippen molar-refractivity contribution in [1.29, 1.82) is 5.26 Å². The Balaban J connectivity index is 1.52. The van der Waals surface area contributed by atoms with Crippen molar-refractivity contribution in [1.82, 2.24) is 10.6 Å². The van der Waals surface area contributed by atoms with Gasteiger partial charge in [-0.1, -0.05) is 0 Å². The lowest BCUT2D eigenvalue weighted by atomic mass is 9.75. The van der Waals surface area contributed by atoms with E-state index in [1.807, 2.05) is 0 Å². The van der Waals surface area contributed by atoms with Crippen LogP contribution in [0.15, 0.2) is 12.1 Å². The molecule has 0 radical (unpaired) electrons. The minimum Gasteiger partial charge on any atom is -0.496 e. The molecule has 4 rings (SSSR count). The molecule has 1 aromatic carbocycles. The summed E-state index contributed by atoms with van der Waals surface area (Å²) in [5, 5.41) is 25.0. The molecular formula is C29H38FN3O6. The number of carbonyl (C=O) groups is 3. The fourth-order valence-electron chi connectivity index (χ4n) is 6.35. The summed E-state index contributed by atoms with van der Waals surface area (Å²) in [7, 11) is 1.41. The summed E-state index contributed by atoms with van der Waals surface area (Å²) in [6, 6.07) is 4.65. The van der Waals surface area contributed by atoms with Crippen LogP contribution in [0.5, 0.6) is 11.5 Å². The lowest BCUT2D eigenvalue weighted by molar-refractivity contribution is -0.150. The van der Waals surface area contributed by atoms with E-state index >= 15 is 0 Å². The van der Waals surface area contributed by atoms with Crippen LogP contribution in [0.25, 0.3) is 0 Å². The van der Waals surface area contributed by atoms with E-state index in [-0.39, 0.29) is 53.0 Å². The van der Waals surface area contributed by atoms with E-state index in [0.29, 0.717) is 25.7 Å². The molecule has 0 unspecified atom stereocenters. The molecule has 39 heavy (non-hydrogen) atoms. The van der Waals surface area contributed by atoms with Crippen LogP contribution in [0, 0.1) is 34.5 Å². The van der Waals surface area contributed by atoms with Crippen molar-refractivity contribution in [3.05, 3.63) is 23.3 Å². The van der Waals surface area contributed by atoms with Gasteiger partial charge in [0.15, 0.2) is 0 Å². The average Bonchev–Trinajstić information content (AvgIpc) is 3.50. The molecule has 0 aliphatic heterocycles. The van der Waals surface area contributed by atoms with Crippen LogP contribution in [0.1, 0.15) is 81.6 Å². The summed E-state index contributed by atoms with van der Waals surface area (Å²) < 4.78 is 25.6. The minimum absolute atomic E-state index is 0.0999. The lowest BCUT2D eigenvalue weighted by Crippen LogP contribution is -2.51. The van der Waals surface area contributed by atoms with Crippen LogP contribution in [0.3, 0.4) is 0 Å². The number of benzene rings is 1. The zero-order chi connectivity index (χ0) is 28.5. The number of methoxy groups -OCH3 is 1. The van der Waals surface area contributed by atoms with Crippen LogP contribution >= 0.6 is 0 Å². The van der Waals surface area contributed by atoms with Crippen molar-refractivity contribution in [2.24, 2.45) is 23.2 Å². The number of carboxylic acid groups (broad SMARTS) is 1. The molecule has 0 spiro atoms. The fraction of sp³-hybridized carbons (Fsp3) is 0.655.